The molecule has 1 aromatic heterocycles. The van der Waals surface area contributed by atoms with E-state index in [1.54, 1.807) is 0 Å². The van der Waals surface area contributed by atoms with Crippen LogP contribution in [-0.4, -0.2) is 0 Å². The van der Waals surface area contributed by atoms with Gasteiger partial charge in [0.05, 0.1) is 0 Å². The number of hydrogen-bond donors (Lipinski definition) is 0. The molecule has 2 aliphatic rings. The summed E-state index contributed by atoms with van der Waals surface area (Å²) in [5.74, 6) is 0.437. The van der Waals surface area contributed by atoms with E-state index in [0.29, 0.717) is 5.92 Å². The van der Waals surface area contributed by atoms with E-state index in [1.165, 1.54) is 104 Å². The normalized spacial score (nSPS) is 15.0. The van der Waals surface area contributed by atoms with Gasteiger partial charge in [-0.25, -0.2) is 0 Å². The van der Waals surface area contributed by atoms with E-state index in [-0.39, 0.29) is 0 Å². The molecule has 0 aliphatic heterocycles. The maximum atomic E-state index is 6.76. The van der Waals surface area contributed by atoms with E-state index < -0.39 is 0 Å². The van der Waals surface area contributed by atoms with E-state index >= 15 is 0 Å². The van der Waals surface area contributed by atoms with E-state index in [1.807, 2.05) is 0 Å². The fourth-order valence-corrected chi connectivity index (χ4v) is 9.59. The number of benzene rings is 9. The molecule has 0 amide bonds. The van der Waals surface area contributed by atoms with Gasteiger partial charge in [-0.3, -0.25) is 0 Å². The number of allylic oxidation sites excluding steroid dienone is 2. The van der Waals surface area contributed by atoms with Crippen molar-refractivity contribution in [1.82, 2.24) is 0 Å². The summed E-state index contributed by atoms with van der Waals surface area (Å²) in [6.07, 6.45) is 10.5. The molecule has 0 N–H and O–H groups in total. The third-order valence-electron chi connectivity index (χ3n) is 11.7. The first-order valence-corrected chi connectivity index (χ1v) is 18.0. The lowest BCUT2D eigenvalue weighted by Crippen LogP contribution is -2.07. The molecule has 12 rings (SSSR count). The van der Waals surface area contributed by atoms with Crippen LogP contribution in [-0.2, 0) is 0 Å². The second kappa shape index (κ2) is 10.1. The van der Waals surface area contributed by atoms with Gasteiger partial charge in [0.15, 0.2) is 0 Å². The molecule has 0 fully saturated rings. The zero-order valence-electron chi connectivity index (χ0n) is 27.8. The average Bonchev–Trinajstić information content (AvgIpc) is 3.58. The molecule has 9 aromatic carbocycles. The van der Waals surface area contributed by atoms with Crippen molar-refractivity contribution >= 4 is 88.0 Å². The fraction of sp³-hybridized carbons (Fsp3) is 0.0400. The van der Waals surface area contributed by atoms with Crippen molar-refractivity contribution in [3.05, 3.63) is 168 Å². The summed E-state index contributed by atoms with van der Waals surface area (Å²) in [5, 5.41) is 15.0. The molecule has 236 valence electrons. The number of fused-ring (bicyclic) bond motifs is 9. The summed E-state index contributed by atoms with van der Waals surface area (Å²) in [6, 6.07) is 51.5. The lowest BCUT2D eigenvalue weighted by Gasteiger charge is -2.27. The molecule has 10 aromatic rings. The molecular formula is C50H30O. The summed E-state index contributed by atoms with van der Waals surface area (Å²) in [6.45, 7) is 0. The largest absolute Gasteiger partial charge is 0.456 e. The maximum Gasteiger partial charge on any atom is 0.136 e. The van der Waals surface area contributed by atoms with Crippen LogP contribution < -0.4 is 0 Å². The molecular weight excluding hydrogens is 617 g/mol. The van der Waals surface area contributed by atoms with E-state index in [2.05, 4.69) is 164 Å². The molecule has 0 radical (unpaired) electrons. The molecule has 1 unspecified atom stereocenters. The van der Waals surface area contributed by atoms with Crippen molar-refractivity contribution in [2.24, 2.45) is 0 Å². The third-order valence-corrected chi connectivity index (χ3v) is 11.7. The predicted octanol–water partition coefficient (Wildman–Crippen LogP) is 14.2. The first-order chi connectivity index (χ1) is 25.3. The van der Waals surface area contributed by atoms with Crippen molar-refractivity contribution in [2.75, 3.05) is 0 Å². The van der Waals surface area contributed by atoms with Gasteiger partial charge in [-0.15, -0.1) is 0 Å². The minimum absolute atomic E-state index is 0.437. The average molecular weight is 647 g/mol. The summed E-state index contributed by atoms with van der Waals surface area (Å²) < 4.78 is 6.76. The highest BCUT2D eigenvalue weighted by Crippen LogP contribution is 2.51. The lowest BCUT2D eigenvalue weighted by atomic mass is 9.76. The van der Waals surface area contributed by atoms with Crippen LogP contribution in [0.2, 0.25) is 0 Å². The maximum absolute atomic E-state index is 6.76. The Kier molecular flexibility index (Phi) is 5.40. The summed E-state index contributed by atoms with van der Waals surface area (Å²) in [5.41, 5.74) is 11.1. The second-order valence-corrected chi connectivity index (χ2v) is 14.2. The summed E-state index contributed by atoms with van der Waals surface area (Å²) >= 11 is 0. The number of furan rings is 1. The zero-order chi connectivity index (χ0) is 33.2. The fourth-order valence-electron chi connectivity index (χ4n) is 9.59. The highest BCUT2D eigenvalue weighted by Gasteiger charge is 2.26. The molecule has 51 heavy (non-hydrogen) atoms. The molecule has 1 heteroatoms. The third kappa shape index (κ3) is 3.65. The predicted molar refractivity (Wildman–Crippen MR) is 218 cm³/mol. The standard InChI is InChI=1S/C50H30O/c1-2-13-33-29(10-1)24-27-43-49(33)50-35-15-4-3-14-34(35)42(28-44(50)51-43)48-38-18-7-5-16-36(38)47(37-17-6-8-19-39(37)48)41-26-23-32-21-20-30-11-9-12-31-22-25-40(41)46(32)45(30)31/h1-11,13-28,31H,12H2. The Bertz CT molecular complexity index is 3170. The Labute approximate surface area is 294 Å². The van der Waals surface area contributed by atoms with Crippen LogP contribution in [0.5, 0.6) is 0 Å². The van der Waals surface area contributed by atoms with Crippen molar-refractivity contribution in [2.45, 2.75) is 12.3 Å². The monoisotopic (exact) mass is 646 g/mol. The SMILES string of the molecule is C1=Cc2ccc3ccc(-c4c5ccccc5c(-c5cc6oc7ccc8ccccc8c7c6c6ccccc56)c5ccccc45)c4c3c2C(C=C4)C1. The quantitative estimate of drug-likeness (QED) is 0.170. The first-order valence-electron chi connectivity index (χ1n) is 18.0. The van der Waals surface area contributed by atoms with Crippen molar-refractivity contribution in [1.29, 1.82) is 0 Å². The van der Waals surface area contributed by atoms with Crippen LogP contribution in [0.3, 0.4) is 0 Å². The van der Waals surface area contributed by atoms with Gasteiger partial charge in [0.1, 0.15) is 11.2 Å². The van der Waals surface area contributed by atoms with Crippen molar-refractivity contribution < 1.29 is 4.42 Å². The van der Waals surface area contributed by atoms with Crippen LogP contribution in [0.15, 0.2) is 156 Å². The Morgan fingerprint density at radius 1 is 0.451 bits per heavy atom. The van der Waals surface area contributed by atoms with Gasteiger partial charge in [0.2, 0.25) is 0 Å². The van der Waals surface area contributed by atoms with Gasteiger partial charge in [0.25, 0.3) is 0 Å². The number of rotatable bonds is 2. The minimum Gasteiger partial charge on any atom is -0.456 e. The molecule has 0 saturated heterocycles. The first kappa shape index (κ1) is 27.4. The summed E-state index contributed by atoms with van der Waals surface area (Å²) in [4.78, 5) is 0. The van der Waals surface area contributed by atoms with Crippen LogP contribution in [0.4, 0.5) is 0 Å². The Morgan fingerprint density at radius 3 is 1.82 bits per heavy atom. The number of hydrogen-bond acceptors (Lipinski definition) is 1. The van der Waals surface area contributed by atoms with Gasteiger partial charge < -0.3 is 4.42 Å². The second-order valence-electron chi connectivity index (χ2n) is 14.2. The zero-order valence-corrected chi connectivity index (χ0v) is 27.8. The molecule has 1 atom stereocenters. The van der Waals surface area contributed by atoms with E-state index in [9.17, 15) is 0 Å². The van der Waals surface area contributed by atoms with Crippen LogP contribution >= 0.6 is 0 Å². The molecule has 0 saturated carbocycles. The van der Waals surface area contributed by atoms with Crippen molar-refractivity contribution in [3.8, 4) is 22.3 Å². The smallest absolute Gasteiger partial charge is 0.136 e. The Morgan fingerprint density at radius 2 is 1.06 bits per heavy atom. The van der Waals surface area contributed by atoms with Gasteiger partial charge in [-0.1, -0.05) is 152 Å². The summed E-state index contributed by atoms with van der Waals surface area (Å²) in [7, 11) is 0. The highest BCUT2D eigenvalue weighted by molar-refractivity contribution is 6.31. The Hall–Kier alpha value is -6.44. The molecule has 1 heterocycles. The molecule has 2 aliphatic carbocycles. The Balaban J connectivity index is 1.22. The molecule has 0 bridgehead atoms. The highest BCUT2D eigenvalue weighted by atomic mass is 16.3. The van der Waals surface area contributed by atoms with Gasteiger partial charge in [0, 0.05) is 16.7 Å². The molecule has 1 nitrogen and oxygen atoms in total. The van der Waals surface area contributed by atoms with E-state index in [4.69, 9.17) is 4.42 Å². The van der Waals surface area contributed by atoms with Crippen LogP contribution in [0.25, 0.3) is 110 Å². The van der Waals surface area contributed by atoms with Crippen LogP contribution in [0.1, 0.15) is 29.0 Å². The van der Waals surface area contributed by atoms with Crippen LogP contribution in [0, 0.1) is 0 Å². The lowest BCUT2D eigenvalue weighted by molar-refractivity contribution is 0.669. The van der Waals surface area contributed by atoms with Crippen molar-refractivity contribution in [3.63, 3.8) is 0 Å². The molecule has 0 spiro atoms. The van der Waals surface area contributed by atoms with Gasteiger partial charge in [-0.05, 0) is 111 Å². The minimum atomic E-state index is 0.437. The van der Waals surface area contributed by atoms with Gasteiger partial charge >= 0.3 is 0 Å². The van der Waals surface area contributed by atoms with E-state index in [0.717, 1.165) is 17.6 Å². The van der Waals surface area contributed by atoms with Gasteiger partial charge in [-0.2, -0.15) is 0 Å². The topological polar surface area (TPSA) is 13.1 Å².